The Bertz CT molecular complexity index is 615. The molecule has 0 unspecified atom stereocenters. The highest BCUT2D eigenvalue weighted by Crippen LogP contribution is 2.17. The van der Waals surface area contributed by atoms with Crippen LogP contribution in [0.3, 0.4) is 0 Å². The topological polar surface area (TPSA) is 55.6 Å². The second-order valence-corrected chi connectivity index (χ2v) is 5.16. The lowest BCUT2D eigenvalue weighted by Gasteiger charge is -2.31. The quantitative estimate of drug-likeness (QED) is 0.814. The van der Waals surface area contributed by atoms with Gasteiger partial charge >= 0.3 is 0 Å². The third-order valence-electron chi connectivity index (χ3n) is 3.61. The Balaban J connectivity index is 1.48. The summed E-state index contributed by atoms with van der Waals surface area (Å²) in [6.07, 6.45) is 8.30. The van der Waals surface area contributed by atoms with Crippen molar-refractivity contribution in [2.45, 2.75) is 18.9 Å². The standard InChI is InChI=1S/C17H18N2O3/c20-17(7-6-14-4-3-13-21-14)19-11-8-15(9-12-19)22-16-5-1-2-10-18-16/h1-7,10,13,15H,8-9,11-12H2/b7-6+. The van der Waals surface area contributed by atoms with Crippen molar-refractivity contribution in [2.24, 2.45) is 0 Å². The molecule has 114 valence electrons. The maximum atomic E-state index is 12.1. The number of nitrogens with zero attached hydrogens (tertiary/aromatic N) is 2. The molecular formula is C17H18N2O3. The largest absolute Gasteiger partial charge is 0.474 e. The van der Waals surface area contributed by atoms with E-state index in [1.807, 2.05) is 29.2 Å². The highest BCUT2D eigenvalue weighted by Gasteiger charge is 2.22. The van der Waals surface area contributed by atoms with E-state index in [-0.39, 0.29) is 12.0 Å². The molecule has 1 amide bonds. The van der Waals surface area contributed by atoms with Gasteiger partial charge in [0.2, 0.25) is 11.8 Å². The van der Waals surface area contributed by atoms with Crippen LogP contribution in [0.25, 0.3) is 6.08 Å². The monoisotopic (exact) mass is 298 g/mol. The zero-order valence-corrected chi connectivity index (χ0v) is 12.2. The van der Waals surface area contributed by atoms with Gasteiger partial charge in [-0.15, -0.1) is 0 Å². The maximum Gasteiger partial charge on any atom is 0.246 e. The van der Waals surface area contributed by atoms with Crippen LogP contribution in [0, 0.1) is 0 Å². The molecule has 0 atom stereocenters. The number of pyridine rings is 1. The van der Waals surface area contributed by atoms with Gasteiger partial charge in [0.15, 0.2) is 0 Å². The smallest absolute Gasteiger partial charge is 0.246 e. The molecule has 0 aliphatic carbocycles. The van der Waals surface area contributed by atoms with Crippen molar-refractivity contribution >= 4 is 12.0 Å². The zero-order chi connectivity index (χ0) is 15.2. The van der Waals surface area contributed by atoms with Crippen molar-refractivity contribution in [3.05, 3.63) is 54.6 Å². The molecule has 1 aliphatic heterocycles. The van der Waals surface area contributed by atoms with Gasteiger partial charge in [-0.3, -0.25) is 4.79 Å². The lowest BCUT2D eigenvalue weighted by Crippen LogP contribution is -2.41. The molecular weight excluding hydrogens is 280 g/mol. The molecule has 2 aromatic rings. The molecule has 1 aliphatic rings. The van der Waals surface area contributed by atoms with Crippen LogP contribution in [0.2, 0.25) is 0 Å². The van der Waals surface area contributed by atoms with Gasteiger partial charge in [0.05, 0.1) is 6.26 Å². The van der Waals surface area contributed by atoms with E-state index in [4.69, 9.17) is 9.15 Å². The predicted molar refractivity (Wildman–Crippen MR) is 82.2 cm³/mol. The van der Waals surface area contributed by atoms with Crippen LogP contribution in [-0.4, -0.2) is 35.0 Å². The van der Waals surface area contributed by atoms with Crippen molar-refractivity contribution in [2.75, 3.05) is 13.1 Å². The van der Waals surface area contributed by atoms with Gasteiger partial charge in [0.25, 0.3) is 0 Å². The Labute approximate surface area is 129 Å². The third kappa shape index (κ3) is 3.75. The lowest BCUT2D eigenvalue weighted by molar-refractivity contribution is -0.127. The molecule has 5 nitrogen and oxygen atoms in total. The van der Waals surface area contributed by atoms with Crippen molar-refractivity contribution in [3.8, 4) is 5.88 Å². The minimum absolute atomic E-state index is 0.00712. The molecule has 0 aromatic carbocycles. The molecule has 5 heteroatoms. The molecule has 0 spiro atoms. The van der Waals surface area contributed by atoms with E-state index < -0.39 is 0 Å². The molecule has 3 heterocycles. The predicted octanol–water partition coefficient (Wildman–Crippen LogP) is 2.76. The number of aromatic nitrogens is 1. The van der Waals surface area contributed by atoms with Crippen molar-refractivity contribution in [3.63, 3.8) is 0 Å². The van der Waals surface area contributed by atoms with Gasteiger partial charge in [0.1, 0.15) is 11.9 Å². The van der Waals surface area contributed by atoms with Gasteiger partial charge in [-0.05, 0) is 24.3 Å². The van der Waals surface area contributed by atoms with E-state index in [1.165, 1.54) is 0 Å². The number of piperidine rings is 1. The van der Waals surface area contributed by atoms with Crippen LogP contribution in [0.1, 0.15) is 18.6 Å². The van der Waals surface area contributed by atoms with Crippen LogP contribution >= 0.6 is 0 Å². The van der Waals surface area contributed by atoms with Crippen molar-refractivity contribution in [1.29, 1.82) is 0 Å². The highest BCUT2D eigenvalue weighted by molar-refractivity contribution is 5.91. The number of carbonyl (C=O) groups is 1. The average Bonchev–Trinajstić information content (AvgIpc) is 3.08. The Morgan fingerprint density at radius 1 is 1.27 bits per heavy atom. The van der Waals surface area contributed by atoms with Crippen LogP contribution in [-0.2, 0) is 4.79 Å². The first-order chi connectivity index (χ1) is 10.8. The first-order valence-corrected chi connectivity index (χ1v) is 7.39. The first-order valence-electron chi connectivity index (χ1n) is 7.39. The second-order valence-electron chi connectivity index (χ2n) is 5.16. The van der Waals surface area contributed by atoms with E-state index in [2.05, 4.69) is 4.98 Å². The number of hydrogen-bond donors (Lipinski definition) is 0. The van der Waals surface area contributed by atoms with Gasteiger partial charge in [-0.2, -0.15) is 0 Å². The van der Waals surface area contributed by atoms with Crippen LogP contribution in [0.15, 0.2) is 53.3 Å². The highest BCUT2D eigenvalue weighted by atomic mass is 16.5. The number of amides is 1. The second kappa shape index (κ2) is 6.93. The fourth-order valence-corrected chi connectivity index (χ4v) is 2.43. The van der Waals surface area contributed by atoms with E-state index in [1.54, 1.807) is 30.7 Å². The molecule has 1 fully saturated rings. The summed E-state index contributed by atoms with van der Waals surface area (Å²) in [5, 5.41) is 0. The molecule has 3 rings (SSSR count). The molecule has 2 aromatic heterocycles. The molecule has 0 radical (unpaired) electrons. The van der Waals surface area contributed by atoms with Crippen molar-refractivity contribution in [1.82, 2.24) is 9.88 Å². The Morgan fingerprint density at radius 3 is 2.82 bits per heavy atom. The summed E-state index contributed by atoms with van der Waals surface area (Å²) in [7, 11) is 0. The Hall–Kier alpha value is -2.56. The van der Waals surface area contributed by atoms with E-state index in [9.17, 15) is 4.79 Å². The summed E-state index contributed by atoms with van der Waals surface area (Å²) in [5.74, 6) is 1.33. The summed E-state index contributed by atoms with van der Waals surface area (Å²) in [6, 6.07) is 9.23. The Morgan fingerprint density at radius 2 is 2.14 bits per heavy atom. The lowest BCUT2D eigenvalue weighted by atomic mass is 10.1. The number of rotatable bonds is 4. The first kappa shape index (κ1) is 14.4. The van der Waals surface area contributed by atoms with Crippen LogP contribution in [0.4, 0.5) is 0 Å². The number of furan rings is 1. The molecule has 1 saturated heterocycles. The summed E-state index contributed by atoms with van der Waals surface area (Å²) in [6.45, 7) is 1.39. The minimum Gasteiger partial charge on any atom is -0.474 e. The van der Waals surface area contributed by atoms with E-state index in [0.29, 0.717) is 24.7 Å². The fourth-order valence-electron chi connectivity index (χ4n) is 2.43. The van der Waals surface area contributed by atoms with Crippen LogP contribution in [0.5, 0.6) is 5.88 Å². The molecule has 22 heavy (non-hydrogen) atoms. The van der Waals surface area contributed by atoms with Gasteiger partial charge in [-0.1, -0.05) is 6.07 Å². The molecule has 0 saturated carbocycles. The van der Waals surface area contributed by atoms with Gasteiger partial charge in [-0.25, -0.2) is 4.98 Å². The summed E-state index contributed by atoms with van der Waals surface area (Å²) >= 11 is 0. The molecule has 0 bridgehead atoms. The number of likely N-dealkylation sites (tertiary alicyclic amines) is 1. The molecule has 0 N–H and O–H groups in total. The fraction of sp³-hybridized carbons (Fsp3) is 0.294. The van der Waals surface area contributed by atoms with Gasteiger partial charge in [0, 0.05) is 44.3 Å². The summed E-state index contributed by atoms with van der Waals surface area (Å²) in [5.41, 5.74) is 0. The normalized spacial score (nSPS) is 16.1. The number of carbonyl (C=O) groups excluding carboxylic acids is 1. The number of ether oxygens (including phenoxy) is 1. The third-order valence-corrected chi connectivity index (χ3v) is 3.61. The Kier molecular flexibility index (Phi) is 4.53. The SMILES string of the molecule is O=C(/C=C/c1ccco1)N1CCC(Oc2ccccn2)CC1. The van der Waals surface area contributed by atoms with Gasteiger partial charge < -0.3 is 14.1 Å². The summed E-state index contributed by atoms with van der Waals surface area (Å²) < 4.78 is 11.0. The maximum absolute atomic E-state index is 12.1. The van der Waals surface area contributed by atoms with E-state index in [0.717, 1.165) is 12.8 Å². The zero-order valence-electron chi connectivity index (χ0n) is 12.2. The minimum atomic E-state index is 0.00712. The number of hydrogen-bond acceptors (Lipinski definition) is 4. The van der Waals surface area contributed by atoms with Crippen LogP contribution < -0.4 is 4.74 Å². The summed E-state index contributed by atoms with van der Waals surface area (Å²) in [4.78, 5) is 18.1. The van der Waals surface area contributed by atoms with Crippen molar-refractivity contribution < 1.29 is 13.9 Å². The van der Waals surface area contributed by atoms with E-state index >= 15 is 0 Å². The average molecular weight is 298 g/mol.